The van der Waals surface area contributed by atoms with Gasteiger partial charge in [-0.15, -0.1) is 12.4 Å². The Labute approximate surface area is 105 Å². The van der Waals surface area contributed by atoms with Crippen molar-refractivity contribution in [1.82, 2.24) is 4.98 Å². The largest absolute Gasteiger partial charge is 0.396 e. The van der Waals surface area contributed by atoms with E-state index < -0.39 is 0 Å². The summed E-state index contributed by atoms with van der Waals surface area (Å²) in [6.07, 6.45) is 1.70. The highest BCUT2D eigenvalue weighted by Gasteiger charge is 2.26. The lowest BCUT2D eigenvalue weighted by Crippen LogP contribution is -2.32. The van der Waals surface area contributed by atoms with Gasteiger partial charge in [-0.3, -0.25) is 0 Å². The average Bonchev–Trinajstić information content (AvgIpc) is 2.16. The van der Waals surface area contributed by atoms with Gasteiger partial charge in [0.25, 0.3) is 0 Å². The minimum atomic E-state index is -0.319. The van der Waals surface area contributed by atoms with Crippen molar-refractivity contribution in [1.29, 1.82) is 0 Å². The second-order valence-electron chi connectivity index (χ2n) is 4.04. The summed E-state index contributed by atoms with van der Waals surface area (Å²) in [4.78, 5) is 4.03. The van der Waals surface area contributed by atoms with E-state index in [2.05, 4.69) is 20.9 Å². The van der Waals surface area contributed by atoms with E-state index in [-0.39, 0.29) is 30.5 Å². The number of nitrogens with zero attached hydrogens (tertiary/aromatic N) is 1. The third-order valence-electron chi connectivity index (χ3n) is 2.36. The van der Waals surface area contributed by atoms with Crippen molar-refractivity contribution in [3.8, 4) is 0 Å². The third-order valence-corrected chi connectivity index (χ3v) is 2.79. The van der Waals surface area contributed by atoms with Crippen LogP contribution in [0.1, 0.15) is 25.5 Å². The van der Waals surface area contributed by atoms with Gasteiger partial charge in [0.1, 0.15) is 4.60 Å². The smallest absolute Gasteiger partial charge is 0.106 e. The fourth-order valence-corrected chi connectivity index (χ4v) is 1.54. The van der Waals surface area contributed by atoms with E-state index in [1.165, 1.54) is 0 Å². The molecular weight excluding hydrogens is 279 g/mol. The highest BCUT2D eigenvalue weighted by atomic mass is 79.9. The third kappa shape index (κ3) is 3.72. The number of aliphatic hydroxyl groups is 1. The SMILES string of the molecule is CC(C)(CO)[C@@H](N)c1ccnc(Br)c1.Cl. The molecule has 0 unspecified atom stereocenters. The van der Waals surface area contributed by atoms with Crippen LogP contribution in [0.25, 0.3) is 0 Å². The molecule has 1 aromatic heterocycles. The van der Waals surface area contributed by atoms with Crippen molar-refractivity contribution in [2.75, 3.05) is 6.61 Å². The van der Waals surface area contributed by atoms with E-state index >= 15 is 0 Å². The van der Waals surface area contributed by atoms with Crippen molar-refractivity contribution in [3.05, 3.63) is 28.5 Å². The lowest BCUT2D eigenvalue weighted by molar-refractivity contribution is 0.132. The van der Waals surface area contributed by atoms with Gasteiger partial charge >= 0.3 is 0 Å². The van der Waals surface area contributed by atoms with Gasteiger partial charge in [0.05, 0.1) is 0 Å². The minimum Gasteiger partial charge on any atom is -0.396 e. The van der Waals surface area contributed by atoms with Crippen LogP contribution in [0.3, 0.4) is 0 Å². The summed E-state index contributed by atoms with van der Waals surface area (Å²) in [5, 5.41) is 9.19. The summed E-state index contributed by atoms with van der Waals surface area (Å²) in [5.74, 6) is 0. The Morgan fingerprint density at radius 2 is 2.20 bits per heavy atom. The second kappa shape index (κ2) is 5.80. The standard InChI is InChI=1S/C10H15BrN2O.ClH/c1-10(2,6-14)9(12)7-3-4-13-8(11)5-7;/h3-5,9,14H,6,12H2,1-2H3;1H/t9-;/m0./s1. The van der Waals surface area contributed by atoms with Gasteiger partial charge in [0.15, 0.2) is 0 Å². The molecule has 0 saturated heterocycles. The maximum atomic E-state index is 9.19. The zero-order chi connectivity index (χ0) is 10.8. The number of nitrogens with two attached hydrogens (primary N) is 1. The first-order valence-electron chi connectivity index (χ1n) is 4.45. The van der Waals surface area contributed by atoms with E-state index in [1.54, 1.807) is 6.20 Å². The van der Waals surface area contributed by atoms with Crippen molar-refractivity contribution in [3.63, 3.8) is 0 Å². The Bertz CT molecular complexity index is 320. The quantitative estimate of drug-likeness (QED) is 0.841. The molecule has 3 nitrogen and oxygen atoms in total. The lowest BCUT2D eigenvalue weighted by Gasteiger charge is -2.29. The second-order valence-corrected chi connectivity index (χ2v) is 4.85. The molecule has 1 rings (SSSR count). The lowest BCUT2D eigenvalue weighted by atomic mass is 9.82. The van der Waals surface area contributed by atoms with E-state index in [4.69, 9.17) is 5.73 Å². The van der Waals surface area contributed by atoms with Gasteiger partial charge in [-0.1, -0.05) is 13.8 Å². The van der Waals surface area contributed by atoms with Gasteiger partial charge in [-0.25, -0.2) is 4.98 Å². The van der Waals surface area contributed by atoms with Gasteiger partial charge in [-0.2, -0.15) is 0 Å². The molecule has 1 atom stereocenters. The fourth-order valence-electron chi connectivity index (χ4n) is 1.16. The van der Waals surface area contributed by atoms with Crippen molar-refractivity contribution in [2.45, 2.75) is 19.9 Å². The number of hydrogen-bond acceptors (Lipinski definition) is 3. The maximum absolute atomic E-state index is 9.19. The molecule has 0 bridgehead atoms. The van der Waals surface area contributed by atoms with Crippen LogP contribution >= 0.6 is 28.3 Å². The molecule has 0 aliphatic carbocycles. The monoisotopic (exact) mass is 294 g/mol. The van der Waals surface area contributed by atoms with Gasteiger partial charge in [0, 0.05) is 24.3 Å². The number of hydrogen-bond donors (Lipinski definition) is 2. The van der Waals surface area contributed by atoms with E-state index in [0.717, 1.165) is 10.2 Å². The number of pyridine rings is 1. The van der Waals surface area contributed by atoms with Gasteiger partial charge in [0.2, 0.25) is 0 Å². The molecule has 5 heteroatoms. The summed E-state index contributed by atoms with van der Waals surface area (Å²) >= 11 is 3.29. The topological polar surface area (TPSA) is 59.1 Å². The van der Waals surface area contributed by atoms with Crippen molar-refractivity contribution < 1.29 is 5.11 Å². The summed E-state index contributed by atoms with van der Waals surface area (Å²) < 4.78 is 0.763. The summed E-state index contributed by atoms with van der Waals surface area (Å²) in [6, 6.07) is 3.56. The Kier molecular flexibility index (Phi) is 5.73. The molecule has 0 fully saturated rings. The van der Waals surface area contributed by atoms with Crippen LogP contribution in [0.15, 0.2) is 22.9 Å². The molecule has 1 aromatic rings. The first kappa shape index (κ1) is 14.8. The normalized spacial score (nSPS) is 13.1. The number of aliphatic hydroxyl groups excluding tert-OH is 1. The summed E-state index contributed by atoms with van der Waals surface area (Å²) in [6.45, 7) is 3.94. The zero-order valence-corrected chi connectivity index (χ0v) is 11.2. The van der Waals surface area contributed by atoms with Crippen molar-refractivity contribution >= 4 is 28.3 Å². The molecule has 0 aliphatic rings. The van der Waals surface area contributed by atoms with Crippen molar-refractivity contribution in [2.24, 2.45) is 11.1 Å². The van der Waals surface area contributed by atoms with Gasteiger partial charge < -0.3 is 10.8 Å². The summed E-state index contributed by atoms with van der Waals surface area (Å²) in [7, 11) is 0. The van der Waals surface area contributed by atoms with Crippen LogP contribution in [0.4, 0.5) is 0 Å². The molecule has 0 aromatic carbocycles. The molecule has 3 N–H and O–H groups in total. The van der Waals surface area contributed by atoms with E-state index in [9.17, 15) is 5.11 Å². The zero-order valence-electron chi connectivity index (χ0n) is 8.77. The van der Waals surface area contributed by atoms with E-state index in [0.29, 0.717) is 0 Å². The Balaban J connectivity index is 0.00000196. The van der Waals surface area contributed by atoms with Crippen LogP contribution in [0.2, 0.25) is 0 Å². The predicted octanol–water partition coefficient (Wildman–Crippen LogP) is 2.28. The Morgan fingerprint density at radius 1 is 1.60 bits per heavy atom. The first-order chi connectivity index (χ1) is 6.47. The molecule has 0 amide bonds. The summed E-state index contributed by atoms with van der Waals surface area (Å²) in [5.41, 5.74) is 6.70. The number of halogens is 2. The average molecular weight is 296 g/mol. The van der Waals surface area contributed by atoms with Crippen LogP contribution in [0, 0.1) is 5.41 Å². The molecule has 86 valence electrons. The molecule has 0 saturated carbocycles. The fraction of sp³-hybridized carbons (Fsp3) is 0.500. The molecule has 1 heterocycles. The number of aromatic nitrogens is 1. The van der Waals surface area contributed by atoms with Crippen LogP contribution < -0.4 is 5.73 Å². The molecule has 15 heavy (non-hydrogen) atoms. The molecule has 0 aliphatic heterocycles. The maximum Gasteiger partial charge on any atom is 0.106 e. The van der Waals surface area contributed by atoms with Crippen LogP contribution in [-0.4, -0.2) is 16.7 Å². The Morgan fingerprint density at radius 3 is 2.67 bits per heavy atom. The minimum absolute atomic E-state index is 0. The van der Waals surface area contributed by atoms with Crippen LogP contribution in [-0.2, 0) is 0 Å². The molecular formula is C10H16BrClN2O. The predicted molar refractivity (Wildman–Crippen MR) is 67.0 cm³/mol. The Hall–Kier alpha value is -0.160. The first-order valence-corrected chi connectivity index (χ1v) is 5.24. The van der Waals surface area contributed by atoms with E-state index in [1.807, 2.05) is 26.0 Å². The number of rotatable bonds is 3. The van der Waals surface area contributed by atoms with Crippen LogP contribution in [0.5, 0.6) is 0 Å². The van der Waals surface area contributed by atoms with Gasteiger partial charge in [-0.05, 0) is 33.6 Å². The highest BCUT2D eigenvalue weighted by molar-refractivity contribution is 9.10. The highest BCUT2D eigenvalue weighted by Crippen LogP contribution is 2.30. The molecule has 0 radical (unpaired) electrons. The molecule has 0 spiro atoms.